The monoisotopic (exact) mass is 416 g/mol. The van der Waals surface area contributed by atoms with E-state index >= 15 is 0 Å². The summed E-state index contributed by atoms with van der Waals surface area (Å²) in [5.74, 6) is 0.267. The number of nitrogens with one attached hydrogen (secondary N) is 2. The number of anilines is 1. The van der Waals surface area contributed by atoms with Crippen LogP contribution in [0.4, 0.5) is 10.3 Å². The van der Waals surface area contributed by atoms with Gasteiger partial charge < -0.3 is 10.6 Å². The molecule has 3 aromatic heterocycles. The van der Waals surface area contributed by atoms with Crippen LogP contribution >= 0.6 is 0 Å². The van der Waals surface area contributed by atoms with Crippen LogP contribution in [0, 0.1) is 5.82 Å². The molecule has 1 aliphatic rings. The first-order valence-corrected chi connectivity index (χ1v) is 10.7. The molecule has 0 unspecified atom stereocenters. The zero-order valence-electron chi connectivity index (χ0n) is 17.5. The van der Waals surface area contributed by atoms with E-state index < -0.39 is 0 Å². The Bertz CT molecular complexity index is 1190. The Labute approximate surface area is 180 Å². The third-order valence-electron chi connectivity index (χ3n) is 5.88. The molecule has 1 fully saturated rings. The van der Waals surface area contributed by atoms with Crippen molar-refractivity contribution in [1.82, 2.24) is 24.7 Å². The first kappa shape index (κ1) is 19.6. The average molecular weight is 417 g/mol. The van der Waals surface area contributed by atoms with Crippen molar-refractivity contribution >= 4 is 11.6 Å². The Morgan fingerprint density at radius 2 is 1.87 bits per heavy atom. The highest BCUT2D eigenvalue weighted by molar-refractivity contribution is 5.80. The summed E-state index contributed by atoms with van der Waals surface area (Å²) in [6, 6.07) is 13.1. The molecule has 0 saturated heterocycles. The van der Waals surface area contributed by atoms with E-state index in [-0.39, 0.29) is 5.82 Å². The highest BCUT2D eigenvalue weighted by atomic mass is 19.1. The number of hydrogen-bond donors (Lipinski definition) is 2. The molecule has 1 saturated carbocycles. The minimum Gasteiger partial charge on any atom is -0.357 e. The van der Waals surface area contributed by atoms with E-state index in [1.165, 1.54) is 43.4 Å². The quantitative estimate of drug-likeness (QED) is 0.478. The van der Waals surface area contributed by atoms with Crippen LogP contribution in [0.25, 0.3) is 28.3 Å². The van der Waals surface area contributed by atoms with E-state index in [0.717, 1.165) is 34.8 Å². The number of rotatable bonds is 6. The number of aromatic nitrogens is 4. The molecule has 1 aromatic carbocycles. The number of pyridine rings is 1. The van der Waals surface area contributed by atoms with Crippen molar-refractivity contribution in [2.75, 3.05) is 12.4 Å². The summed E-state index contributed by atoms with van der Waals surface area (Å²) in [7, 11) is 1.79. The van der Waals surface area contributed by atoms with E-state index in [2.05, 4.69) is 32.7 Å². The Morgan fingerprint density at radius 3 is 2.65 bits per heavy atom. The summed E-state index contributed by atoms with van der Waals surface area (Å²) in [4.78, 5) is 13.8. The predicted octanol–water partition coefficient (Wildman–Crippen LogP) is 4.67. The molecule has 0 radical (unpaired) electrons. The smallest absolute Gasteiger partial charge is 0.222 e. The minimum atomic E-state index is -0.270. The summed E-state index contributed by atoms with van der Waals surface area (Å²) < 4.78 is 15.6. The van der Waals surface area contributed by atoms with Gasteiger partial charge in [-0.25, -0.2) is 19.3 Å². The maximum atomic E-state index is 13.5. The Morgan fingerprint density at radius 1 is 1.06 bits per heavy atom. The van der Waals surface area contributed by atoms with Crippen molar-refractivity contribution in [3.8, 4) is 22.6 Å². The highest BCUT2D eigenvalue weighted by Gasteiger charge is 2.19. The van der Waals surface area contributed by atoms with Crippen molar-refractivity contribution in [3.63, 3.8) is 0 Å². The molecule has 158 valence electrons. The first-order chi connectivity index (χ1) is 15.2. The van der Waals surface area contributed by atoms with Gasteiger partial charge >= 0.3 is 0 Å². The van der Waals surface area contributed by atoms with Crippen molar-refractivity contribution in [1.29, 1.82) is 0 Å². The van der Waals surface area contributed by atoms with E-state index in [1.54, 1.807) is 25.4 Å². The van der Waals surface area contributed by atoms with Crippen LogP contribution in [0.5, 0.6) is 0 Å². The van der Waals surface area contributed by atoms with Gasteiger partial charge in [-0.3, -0.25) is 4.40 Å². The fourth-order valence-corrected chi connectivity index (χ4v) is 4.25. The fraction of sp³-hybridized carbons (Fsp3) is 0.292. The number of fused-ring (bicyclic) bond motifs is 1. The Hall–Kier alpha value is -3.32. The van der Waals surface area contributed by atoms with E-state index in [0.29, 0.717) is 12.0 Å². The molecule has 2 N–H and O–H groups in total. The largest absolute Gasteiger partial charge is 0.357 e. The van der Waals surface area contributed by atoms with Crippen LogP contribution in [0.1, 0.15) is 31.2 Å². The molecular weight excluding hydrogens is 391 g/mol. The normalized spacial score (nSPS) is 14.4. The lowest BCUT2D eigenvalue weighted by molar-refractivity contribution is 0.524. The molecule has 0 bridgehead atoms. The molecule has 1 aliphatic carbocycles. The third-order valence-corrected chi connectivity index (χ3v) is 5.88. The third kappa shape index (κ3) is 4.01. The topological polar surface area (TPSA) is 67.1 Å². The van der Waals surface area contributed by atoms with Gasteiger partial charge in [0, 0.05) is 37.6 Å². The van der Waals surface area contributed by atoms with Crippen LogP contribution < -0.4 is 10.6 Å². The van der Waals surface area contributed by atoms with Gasteiger partial charge in [0.2, 0.25) is 5.95 Å². The summed E-state index contributed by atoms with van der Waals surface area (Å²) >= 11 is 0. The molecule has 5 rings (SSSR count). The Balaban J connectivity index is 1.59. The molecule has 6 nitrogen and oxygen atoms in total. The summed E-state index contributed by atoms with van der Waals surface area (Å²) in [6.07, 6.45) is 8.90. The van der Waals surface area contributed by atoms with E-state index in [9.17, 15) is 4.39 Å². The molecule has 3 heterocycles. The lowest BCUT2D eigenvalue weighted by Gasteiger charge is -2.12. The number of benzene rings is 1. The lowest BCUT2D eigenvalue weighted by atomic mass is 10.1. The van der Waals surface area contributed by atoms with Gasteiger partial charge in [-0.1, -0.05) is 12.8 Å². The lowest BCUT2D eigenvalue weighted by Crippen LogP contribution is -2.25. The van der Waals surface area contributed by atoms with Gasteiger partial charge in [0.05, 0.1) is 17.1 Å². The number of halogens is 1. The maximum Gasteiger partial charge on any atom is 0.222 e. The minimum absolute atomic E-state index is 0.270. The highest BCUT2D eigenvalue weighted by Crippen LogP contribution is 2.32. The standard InChI is InChI=1S/C24H25FN6/c1-26-24-27-12-10-20(29-24)23-22(17-6-8-18(25)9-7-17)30-21-14-16(11-13-31(21)23)15-28-19-4-2-3-5-19/h6-14,19,28H,2-5,15H2,1H3,(H,26,27,29). The summed E-state index contributed by atoms with van der Waals surface area (Å²) in [5.41, 5.74) is 5.25. The first-order valence-electron chi connectivity index (χ1n) is 10.7. The van der Waals surface area contributed by atoms with Crippen LogP contribution in [-0.4, -0.2) is 32.4 Å². The maximum absolute atomic E-state index is 13.5. The second kappa shape index (κ2) is 8.43. The van der Waals surface area contributed by atoms with Gasteiger partial charge in [0.1, 0.15) is 11.5 Å². The van der Waals surface area contributed by atoms with Crippen molar-refractivity contribution in [2.24, 2.45) is 0 Å². The fourth-order valence-electron chi connectivity index (χ4n) is 4.25. The van der Waals surface area contributed by atoms with Gasteiger partial charge in [-0.15, -0.1) is 0 Å². The molecule has 0 spiro atoms. The van der Waals surface area contributed by atoms with Crippen molar-refractivity contribution < 1.29 is 4.39 Å². The van der Waals surface area contributed by atoms with Gasteiger partial charge in [0.25, 0.3) is 0 Å². The van der Waals surface area contributed by atoms with Gasteiger partial charge in [-0.2, -0.15) is 0 Å². The van der Waals surface area contributed by atoms with Crippen LogP contribution in [0.15, 0.2) is 54.9 Å². The molecular formula is C24H25FN6. The van der Waals surface area contributed by atoms with Crippen molar-refractivity contribution in [2.45, 2.75) is 38.3 Å². The molecule has 0 aliphatic heterocycles. The molecule has 31 heavy (non-hydrogen) atoms. The van der Waals surface area contributed by atoms with Crippen molar-refractivity contribution in [3.05, 3.63) is 66.2 Å². The number of hydrogen-bond acceptors (Lipinski definition) is 5. The van der Waals surface area contributed by atoms with Crippen LogP contribution in [0.2, 0.25) is 0 Å². The summed E-state index contributed by atoms with van der Waals surface area (Å²) in [5, 5.41) is 6.65. The molecule has 7 heteroatoms. The van der Waals surface area contributed by atoms with Crippen LogP contribution in [-0.2, 0) is 6.54 Å². The zero-order valence-corrected chi connectivity index (χ0v) is 17.5. The van der Waals surface area contributed by atoms with E-state index in [1.807, 2.05) is 16.7 Å². The van der Waals surface area contributed by atoms with Gasteiger partial charge in [-0.05, 0) is 60.9 Å². The number of nitrogens with zero attached hydrogens (tertiary/aromatic N) is 4. The molecule has 0 atom stereocenters. The molecule has 0 amide bonds. The van der Waals surface area contributed by atoms with E-state index in [4.69, 9.17) is 4.98 Å². The van der Waals surface area contributed by atoms with Crippen LogP contribution in [0.3, 0.4) is 0 Å². The van der Waals surface area contributed by atoms with Gasteiger partial charge in [0.15, 0.2) is 0 Å². The Kier molecular flexibility index (Phi) is 5.34. The second-order valence-electron chi connectivity index (χ2n) is 7.96. The average Bonchev–Trinajstić information content (AvgIpc) is 3.45. The summed E-state index contributed by atoms with van der Waals surface area (Å²) in [6.45, 7) is 0.826. The number of imidazole rings is 1. The SMILES string of the molecule is CNc1nccc(-c2c(-c3ccc(F)cc3)nc3cc(CNC4CCCC4)ccn23)n1. The second-order valence-corrected chi connectivity index (χ2v) is 7.96. The zero-order chi connectivity index (χ0) is 21.2. The predicted molar refractivity (Wildman–Crippen MR) is 120 cm³/mol. The molecule has 4 aromatic rings.